The molecule has 0 bridgehead atoms. The molecule has 0 aliphatic carbocycles. The molecule has 2 atom stereocenters. The van der Waals surface area contributed by atoms with Crippen molar-refractivity contribution >= 4 is 35.5 Å². The van der Waals surface area contributed by atoms with E-state index >= 15 is 0 Å². The molecule has 15 heteroatoms. The molecule has 0 fully saturated rings. The summed E-state index contributed by atoms with van der Waals surface area (Å²) < 4.78 is 0. The standard InChI is InChI=1S/C14H24N6O9/c15-1-9(23)19-7(5-21)13(28)17-2-10(24)16-3-11(25)20-8(6-22)14(29)18-4-12(26)27/h7-8,21-22H,1-6,15H2,(H,16,24)(H,17,28)(H,18,29)(H,19,23)(H,20,25)(H,26,27)/t7-,8-/m0/s1. The first-order valence-electron chi connectivity index (χ1n) is 8.19. The average molecular weight is 420 g/mol. The summed E-state index contributed by atoms with van der Waals surface area (Å²) in [7, 11) is 0. The average Bonchev–Trinajstić information content (AvgIpc) is 2.70. The van der Waals surface area contributed by atoms with Crippen LogP contribution in [0.4, 0.5) is 0 Å². The molecule has 0 saturated carbocycles. The third kappa shape index (κ3) is 11.2. The molecule has 0 unspecified atom stereocenters. The van der Waals surface area contributed by atoms with Gasteiger partial charge in [0.25, 0.3) is 0 Å². The predicted molar refractivity (Wildman–Crippen MR) is 93.8 cm³/mol. The summed E-state index contributed by atoms with van der Waals surface area (Å²) in [5.41, 5.74) is 5.06. The molecule has 15 nitrogen and oxygen atoms in total. The van der Waals surface area contributed by atoms with E-state index in [-0.39, 0.29) is 0 Å². The molecule has 0 aromatic heterocycles. The molecule has 0 rings (SSSR count). The minimum atomic E-state index is -1.42. The van der Waals surface area contributed by atoms with Crippen LogP contribution in [0.1, 0.15) is 0 Å². The van der Waals surface area contributed by atoms with E-state index in [0.29, 0.717) is 0 Å². The minimum absolute atomic E-state index is 0.400. The normalized spacial score (nSPS) is 12.1. The van der Waals surface area contributed by atoms with Crippen molar-refractivity contribution in [3.63, 3.8) is 0 Å². The van der Waals surface area contributed by atoms with Crippen molar-refractivity contribution in [2.75, 3.05) is 39.4 Å². The molecular weight excluding hydrogens is 396 g/mol. The van der Waals surface area contributed by atoms with Gasteiger partial charge in [-0.2, -0.15) is 0 Å². The SMILES string of the molecule is NCC(=O)N[C@@H](CO)C(=O)NCC(=O)NCC(=O)N[C@@H](CO)C(=O)NCC(=O)O. The first-order chi connectivity index (χ1) is 13.6. The zero-order chi connectivity index (χ0) is 22.4. The number of carbonyl (C=O) groups excluding carboxylic acids is 5. The van der Waals surface area contributed by atoms with Crippen molar-refractivity contribution in [2.24, 2.45) is 5.73 Å². The second kappa shape index (κ2) is 13.8. The third-order valence-electron chi connectivity index (χ3n) is 3.14. The number of rotatable bonds is 13. The van der Waals surface area contributed by atoms with Crippen LogP contribution in [0, 0.1) is 0 Å². The number of hydrogen-bond donors (Lipinski definition) is 9. The number of hydrogen-bond acceptors (Lipinski definition) is 9. The lowest BCUT2D eigenvalue weighted by atomic mass is 10.2. The molecule has 0 aliphatic heterocycles. The summed E-state index contributed by atoms with van der Waals surface area (Å²) in [6.07, 6.45) is 0. The number of carboxylic acids is 1. The minimum Gasteiger partial charge on any atom is -0.480 e. The molecule has 164 valence electrons. The van der Waals surface area contributed by atoms with Gasteiger partial charge in [0, 0.05) is 0 Å². The van der Waals surface area contributed by atoms with Crippen LogP contribution in [0.2, 0.25) is 0 Å². The number of aliphatic hydroxyl groups is 2. The molecule has 0 aliphatic rings. The Morgan fingerprint density at radius 1 is 0.690 bits per heavy atom. The van der Waals surface area contributed by atoms with E-state index < -0.39 is 87.0 Å². The lowest BCUT2D eigenvalue weighted by Crippen LogP contribution is -2.53. The highest BCUT2D eigenvalue weighted by atomic mass is 16.4. The van der Waals surface area contributed by atoms with Crippen molar-refractivity contribution in [1.82, 2.24) is 26.6 Å². The predicted octanol–water partition coefficient (Wildman–Crippen LogP) is -6.67. The lowest BCUT2D eigenvalue weighted by molar-refractivity contribution is -0.138. The molecular formula is C14H24N6O9. The summed E-state index contributed by atoms with van der Waals surface area (Å²) in [6, 6.07) is -2.73. The summed E-state index contributed by atoms with van der Waals surface area (Å²) in [4.78, 5) is 68.1. The smallest absolute Gasteiger partial charge is 0.322 e. The molecule has 0 aromatic carbocycles. The summed E-state index contributed by atoms with van der Waals surface area (Å²) in [5, 5.41) is 37.0. The van der Waals surface area contributed by atoms with Crippen LogP contribution in [0.15, 0.2) is 0 Å². The van der Waals surface area contributed by atoms with Gasteiger partial charge in [0.2, 0.25) is 29.5 Å². The van der Waals surface area contributed by atoms with Crippen molar-refractivity contribution in [3.05, 3.63) is 0 Å². The maximum absolute atomic E-state index is 11.7. The fourth-order valence-corrected chi connectivity index (χ4v) is 1.70. The lowest BCUT2D eigenvalue weighted by Gasteiger charge is -2.16. The Hall–Kier alpha value is -3.30. The van der Waals surface area contributed by atoms with Crippen LogP contribution in [0.5, 0.6) is 0 Å². The topological polar surface area (TPSA) is 249 Å². The van der Waals surface area contributed by atoms with Crippen molar-refractivity contribution in [1.29, 1.82) is 0 Å². The van der Waals surface area contributed by atoms with Gasteiger partial charge in [0.15, 0.2) is 0 Å². The van der Waals surface area contributed by atoms with Gasteiger partial charge in [-0.25, -0.2) is 0 Å². The molecule has 0 heterocycles. The zero-order valence-corrected chi connectivity index (χ0v) is 15.3. The van der Waals surface area contributed by atoms with E-state index in [0.717, 1.165) is 0 Å². The van der Waals surface area contributed by atoms with Gasteiger partial charge in [0.1, 0.15) is 18.6 Å². The van der Waals surface area contributed by atoms with Gasteiger partial charge in [-0.3, -0.25) is 28.8 Å². The van der Waals surface area contributed by atoms with Gasteiger partial charge in [-0.05, 0) is 0 Å². The second-order valence-electron chi connectivity index (χ2n) is 5.42. The number of amides is 5. The zero-order valence-electron chi connectivity index (χ0n) is 15.3. The number of aliphatic carboxylic acids is 1. The van der Waals surface area contributed by atoms with Gasteiger partial charge in [-0.15, -0.1) is 0 Å². The van der Waals surface area contributed by atoms with E-state index in [1.54, 1.807) is 0 Å². The largest absolute Gasteiger partial charge is 0.480 e. The van der Waals surface area contributed by atoms with E-state index in [2.05, 4.69) is 21.3 Å². The van der Waals surface area contributed by atoms with E-state index in [4.69, 9.17) is 21.1 Å². The Morgan fingerprint density at radius 3 is 1.59 bits per heavy atom. The Balaban J connectivity index is 4.33. The fraction of sp³-hybridized carbons (Fsp3) is 0.571. The van der Waals surface area contributed by atoms with Gasteiger partial charge in [-0.1, -0.05) is 0 Å². The fourth-order valence-electron chi connectivity index (χ4n) is 1.70. The monoisotopic (exact) mass is 420 g/mol. The number of carbonyl (C=O) groups is 6. The Morgan fingerprint density at radius 2 is 1.14 bits per heavy atom. The van der Waals surface area contributed by atoms with Crippen LogP contribution >= 0.6 is 0 Å². The van der Waals surface area contributed by atoms with Gasteiger partial charge in [0.05, 0.1) is 32.8 Å². The van der Waals surface area contributed by atoms with E-state index in [1.165, 1.54) is 0 Å². The first-order valence-corrected chi connectivity index (χ1v) is 8.19. The highest BCUT2D eigenvalue weighted by Crippen LogP contribution is 1.85. The van der Waals surface area contributed by atoms with Crippen LogP contribution in [-0.4, -0.2) is 102 Å². The molecule has 0 spiro atoms. The number of nitrogens with two attached hydrogens (primary N) is 1. The number of aliphatic hydroxyl groups excluding tert-OH is 2. The summed E-state index contributed by atoms with van der Waals surface area (Å²) in [5.74, 6) is -5.46. The van der Waals surface area contributed by atoms with Crippen molar-refractivity contribution in [3.8, 4) is 0 Å². The maximum Gasteiger partial charge on any atom is 0.322 e. The maximum atomic E-state index is 11.7. The Labute approximate surface area is 164 Å². The molecule has 0 aromatic rings. The van der Waals surface area contributed by atoms with Crippen LogP contribution in [0.25, 0.3) is 0 Å². The second-order valence-corrected chi connectivity index (χ2v) is 5.42. The number of nitrogens with one attached hydrogen (secondary N) is 5. The van der Waals surface area contributed by atoms with Crippen LogP contribution < -0.4 is 32.3 Å². The quantitative estimate of drug-likeness (QED) is 0.136. The van der Waals surface area contributed by atoms with Crippen molar-refractivity contribution in [2.45, 2.75) is 12.1 Å². The van der Waals surface area contributed by atoms with Gasteiger partial charge >= 0.3 is 5.97 Å². The highest BCUT2D eigenvalue weighted by molar-refractivity contribution is 5.93. The molecule has 5 amide bonds. The first kappa shape index (κ1) is 25.7. The Kier molecular flexibility index (Phi) is 12.2. The van der Waals surface area contributed by atoms with Crippen molar-refractivity contribution < 1.29 is 44.1 Å². The van der Waals surface area contributed by atoms with E-state index in [9.17, 15) is 28.8 Å². The van der Waals surface area contributed by atoms with Crippen LogP contribution in [-0.2, 0) is 28.8 Å². The Bertz CT molecular complexity index is 627. The molecule has 0 radical (unpaired) electrons. The van der Waals surface area contributed by atoms with Crippen LogP contribution in [0.3, 0.4) is 0 Å². The van der Waals surface area contributed by atoms with E-state index in [1.807, 2.05) is 5.32 Å². The summed E-state index contributed by atoms with van der Waals surface area (Å²) in [6.45, 7) is -3.83. The highest BCUT2D eigenvalue weighted by Gasteiger charge is 2.21. The molecule has 0 saturated heterocycles. The number of carboxylic acid groups (broad SMARTS) is 1. The molecule has 29 heavy (non-hydrogen) atoms. The summed E-state index contributed by atoms with van der Waals surface area (Å²) >= 11 is 0. The third-order valence-corrected chi connectivity index (χ3v) is 3.14. The molecule has 10 N–H and O–H groups in total. The van der Waals surface area contributed by atoms with Gasteiger partial charge < -0.3 is 47.6 Å².